The van der Waals surface area contributed by atoms with E-state index in [0.29, 0.717) is 29.0 Å². The highest BCUT2D eigenvalue weighted by atomic mass is 32.2. The van der Waals surface area contributed by atoms with Crippen molar-refractivity contribution in [2.24, 2.45) is 0 Å². The Labute approximate surface area is 372 Å². The molecule has 0 heterocycles. The average Bonchev–Trinajstić information content (AvgIpc) is 3.21. The number of methoxy groups -OCH3 is 2. The molecule has 63 heavy (non-hydrogen) atoms. The zero-order chi connectivity index (χ0) is 46.6. The van der Waals surface area contributed by atoms with Gasteiger partial charge in [0.2, 0.25) is 0 Å². The number of ether oxygens (including phenoxy) is 3. The molecule has 5 aromatic carbocycles. The molecule has 0 radical (unpaired) electrons. The van der Waals surface area contributed by atoms with Gasteiger partial charge in [-0.1, -0.05) is 78.1 Å². The molecule has 13 heteroatoms. The molecule has 5 rings (SSSR count). The molecular formula is C50H58N4O8S. The van der Waals surface area contributed by atoms with Crippen LogP contribution in [-0.4, -0.2) is 71.4 Å². The molecule has 12 nitrogen and oxygen atoms in total. The number of carbonyl (C=O) groups excluding carboxylic acids is 3. The van der Waals surface area contributed by atoms with Gasteiger partial charge in [-0.3, -0.25) is 19.6 Å². The minimum Gasteiger partial charge on any atom is -0.469 e. The van der Waals surface area contributed by atoms with Crippen LogP contribution in [0.4, 0.5) is 27.5 Å². The minimum atomic E-state index is -3.82. The number of sulfonamides is 1. The predicted octanol–water partition coefficient (Wildman–Crippen LogP) is 9.54. The number of carbonyl (C=O) groups is 3. The molecule has 0 aromatic heterocycles. The van der Waals surface area contributed by atoms with Gasteiger partial charge in [0.15, 0.2) is 0 Å². The summed E-state index contributed by atoms with van der Waals surface area (Å²) in [4.78, 5) is 40.1. The average molecular weight is 875 g/mol. The van der Waals surface area contributed by atoms with Crippen molar-refractivity contribution < 1.29 is 37.0 Å². The van der Waals surface area contributed by atoms with Gasteiger partial charge in [-0.05, 0) is 90.8 Å². The Kier molecular flexibility index (Phi) is 16.6. The van der Waals surface area contributed by atoms with Crippen LogP contribution in [0, 0.1) is 45.5 Å². The molecule has 2 N–H and O–H groups in total. The summed E-state index contributed by atoms with van der Waals surface area (Å²) in [5, 5.41) is 6.14. The molecule has 0 fully saturated rings. The maximum Gasteiger partial charge on any atom is 0.412 e. The van der Waals surface area contributed by atoms with Crippen LogP contribution in [0.15, 0.2) is 89.8 Å². The second kappa shape index (κ2) is 21.4. The molecule has 0 bridgehead atoms. The molecule has 332 valence electrons. The van der Waals surface area contributed by atoms with Gasteiger partial charge in [-0.15, -0.1) is 12.8 Å². The third kappa shape index (κ3) is 12.7. The summed E-state index contributed by atoms with van der Waals surface area (Å²) in [5.74, 6) is 4.69. The van der Waals surface area contributed by atoms with Crippen LogP contribution in [0.5, 0.6) is 0 Å². The lowest BCUT2D eigenvalue weighted by atomic mass is 10.0. The number of hydrogen-bond acceptors (Lipinski definition) is 10. The Balaban J connectivity index is 0.000000280. The zero-order valence-electron chi connectivity index (χ0n) is 37.8. The smallest absolute Gasteiger partial charge is 0.412 e. The van der Waals surface area contributed by atoms with Gasteiger partial charge in [-0.2, -0.15) is 0 Å². The lowest BCUT2D eigenvalue weighted by Crippen LogP contribution is -2.35. The second-order valence-electron chi connectivity index (χ2n) is 16.2. The number of nitrogens with one attached hydrogen (secondary N) is 2. The van der Waals surface area contributed by atoms with E-state index in [1.807, 2.05) is 130 Å². The largest absolute Gasteiger partial charge is 0.469 e. The molecule has 1 amide bonds. The highest BCUT2D eigenvalue weighted by molar-refractivity contribution is 7.92. The van der Waals surface area contributed by atoms with Crippen LogP contribution in [0.1, 0.15) is 64.2 Å². The molecule has 0 saturated carbocycles. The van der Waals surface area contributed by atoms with E-state index in [1.165, 1.54) is 14.2 Å². The number of esters is 2. The SMILES string of the molecule is C#CCN(c1ccc(NC(=O)OC(C)(C)C)c2ccccc12)[C@@H](C)CC(=O)OC.C#CCN(c1ccc(NS(=O)(=O)c2c(C)cc(C)cc2C)c2ccccc12)[C@@H](C)CC(=O)OC. The van der Waals surface area contributed by atoms with Crippen molar-refractivity contribution in [3.05, 3.63) is 102 Å². The van der Waals surface area contributed by atoms with Crippen LogP contribution in [0.25, 0.3) is 21.5 Å². The van der Waals surface area contributed by atoms with Gasteiger partial charge in [0.25, 0.3) is 10.0 Å². The number of rotatable bonds is 14. The Morgan fingerprint density at radius 2 is 1.10 bits per heavy atom. The first-order valence-corrected chi connectivity index (χ1v) is 21.9. The highest BCUT2D eigenvalue weighted by Gasteiger charge is 2.25. The number of hydrogen-bond donors (Lipinski definition) is 2. The van der Waals surface area contributed by atoms with E-state index in [2.05, 4.69) is 21.9 Å². The van der Waals surface area contributed by atoms with Gasteiger partial charge >= 0.3 is 18.0 Å². The van der Waals surface area contributed by atoms with Crippen molar-refractivity contribution in [3.8, 4) is 24.7 Å². The van der Waals surface area contributed by atoms with E-state index in [-0.39, 0.29) is 48.3 Å². The third-order valence-electron chi connectivity index (χ3n) is 10.1. The standard InChI is InChI=1S/C27H30N2O4S.C23H28N2O4/c1-7-14-29(21(5)17-26(30)33-6)25-13-12-24(22-10-8-9-11-23(22)25)28-34(31,32)27-19(3)15-18(2)16-20(27)4;1-7-14-25(16(2)15-21(26)28-6)20-13-12-19(17-10-8-9-11-18(17)20)24-22(27)29-23(3,4)5/h1,8-13,15-16,21,28H,14,17H2,2-6H3;1,8-13,16H,14-15H2,2-6H3,(H,24,27)/t21-;16-/m00/s1. The minimum absolute atomic E-state index is 0.161. The molecule has 0 aliphatic carbocycles. The number of amides is 1. The van der Waals surface area contributed by atoms with Crippen molar-refractivity contribution in [2.45, 2.75) is 90.8 Å². The number of nitrogens with zero attached hydrogens (tertiary/aromatic N) is 2. The number of benzene rings is 5. The number of anilines is 4. The topological polar surface area (TPSA) is 144 Å². The Bertz CT molecular complexity index is 2630. The first-order valence-electron chi connectivity index (χ1n) is 20.4. The summed E-state index contributed by atoms with van der Waals surface area (Å²) >= 11 is 0. The fourth-order valence-electron chi connectivity index (χ4n) is 7.49. The Hall–Kier alpha value is -6.70. The van der Waals surface area contributed by atoms with Gasteiger partial charge in [-0.25, -0.2) is 13.2 Å². The van der Waals surface area contributed by atoms with E-state index < -0.39 is 21.7 Å². The molecular weight excluding hydrogens is 817 g/mol. The second-order valence-corrected chi connectivity index (χ2v) is 17.9. The zero-order valence-corrected chi connectivity index (χ0v) is 38.6. The lowest BCUT2D eigenvalue weighted by Gasteiger charge is -2.30. The van der Waals surface area contributed by atoms with Crippen molar-refractivity contribution in [1.82, 2.24) is 0 Å². The highest BCUT2D eigenvalue weighted by Crippen LogP contribution is 2.36. The fraction of sp³-hybridized carbons (Fsp3) is 0.340. The summed E-state index contributed by atoms with van der Waals surface area (Å²) in [6.07, 6.45) is 11.1. The lowest BCUT2D eigenvalue weighted by molar-refractivity contribution is -0.141. The van der Waals surface area contributed by atoms with Crippen LogP contribution < -0.4 is 19.8 Å². The van der Waals surface area contributed by atoms with Crippen LogP contribution in [0.3, 0.4) is 0 Å². The monoisotopic (exact) mass is 874 g/mol. The quantitative estimate of drug-likeness (QED) is 0.0629. The Morgan fingerprint density at radius 1 is 0.683 bits per heavy atom. The van der Waals surface area contributed by atoms with E-state index in [9.17, 15) is 22.8 Å². The maximum atomic E-state index is 13.4. The summed E-state index contributed by atoms with van der Waals surface area (Å²) in [5.41, 5.74) is 4.62. The normalized spacial score (nSPS) is 12.1. The predicted molar refractivity (Wildman–Crippen MR) is 254 cm³/mol. The first-order chi connectivity index (χ1) is 29.7. The van der Waals surface area contributed by atoms with Gasteiger partial charge in [0.1, 0.15) is 5.60 Å². The summed E-state index contributed by atoms with van der Waals surface area (Å²) in [6, 6.07) is 25.8. The summed E-state index contributed by atoms with van der Waals surface area (Å²) in [6.45, 7) is 15.4. The van der Waals surface area contributed by atoms with Crippen molar-refractivity contribution in [1.29, 1.82) is 0 Å². The van der Waals surface area contributed by atoms with Crippen LogP contribution in [0.2, 0.25) is 0 Å². The van der Waals surface area contributed by atoms with Gasteiger partial charge in [0, 0.05) is 45.0 Å². The van der Waals surface area contributed by atoms with Gasteiger partial charge in [0.05, 0.1) is 56.4 Å². The third-order valence-corrected chi connectivity index (χ3v) is 11.8. The first kappa shape index (κ1) is 49.0. The van der Waals surface area contributed by atoms with Crippen LogP contribution in [-0.2, 0) is 33.8 Å². The molecule has 0 aliphatic heterocycles. The number of terminal acetylenes is 2. The molecule has 0 spiro atoms. The van der Waals surface area contributed by atoms with Crippen LogP contribution >= 0.6 is 0 Å². The van der Waals surface area contributed by atoms with Crippen molar-refractivity contribution in [3.63, 3.8) is 0 Å². The number of fused-ring (bicyclic) bond motifs is 2. The molecule has 5 aromatic rings. The molecule has 2 atom stereocenters. The van der Waals surface area contributed by atoms with E-state index in [0.717, 1.165) is 38.5 Å². The summed E-state index contributed by atoms with van der Waals surface area (Å²) < 4.78 is 44.5. The molecule has 0 aliphatic rings. The fourth-order valence-corrected chi connectivity index (χ4v) is 9.02. The molecule has 0 unspecified atom stereocenters. The molecule has 0 saturated heterocycles. The van der Waals surface area contributed by atoms with E-state index in [4.69, 9.17) is 27.1 Å². The Morgan fingerprint density at radius 3 is 1.51 bits per heavy atom. The van der Waals surface area contributed by atoms with Gasteiger partial charge < -0.3 is 24.0 Å². The van der Waals surface area contributed by atoms with E-state index >= 15 is 0 Å². The number of aryl methyl sites for hydroxylation is 3. The van der Waals surface area contributed by atoms with E-state index in [1.54, 1.807) is 19.9 Å². The van der Waals surface area contributed by atoms with Crippen molar-refractivity contribution in [2.75, 3.05) is 47.1 Å². The van der Waals surface area contributed by atoms with Crippen molar-refractivity contribution >= 4 is 72.3 Å². The summed E-state index contributed by atoms with van der Waals surface area (Å²) in [7, 11) is -1.10. The maximum absolute atomic E-state index is 13.4.